The first-order valence-electron chi connectivity index (χ1n) is 10.8. The zero-order chi connectivity index (χ0) is 17.6. The number of methoxy groups -OCH3 is 1. The largest absolute Gasteiger partial charge is 0.396 e. The predicted molar refractivity (Wildman–Crippen MR) is 100 cm³/mol. The van der Waals surface area contributed by atoms with Gasteiger partial charge in [-0.15, -0.1) is 0 Å². The molecule has 2 heteroatoms. The van der Waals surface area contributed by atoms with Crippen molar-refractivity contribution in [1.82, 2.24) is 0 Å². The molecule has 1 N–H and O–H groups in total. The summed E-state index contributed by atoms with van der Waals surface area (Å²) in [6.45, 7) is 7.67. The van der Waals surface area contributed by atoms with E-state index in [0.29, 0.717) is 34.9 Å². The van der Waals surface area contributed by atoms with Crippen molar-refractivity contribution >= 4 is 0 Å². The van der Waals surface area contributed by atoms with Gasteiger partial charge in [-0.3, -0.25) is 0 Å². The molecule has 0 aromatic carbocycles. The topological polar surface area (TPSA) is 29.5 Å². The Morgan fingerprint density at radius 3 is 2.72 bits per heavy atom. The van der Waals surface area contributed by atoms with Crippen molar-refractivity contribution in [3.05, 3.63) is 11.6 Å². The third kappa shape index (κ3) is 1.79. The molecular formula is C23H36O2. The second kappa shape index (κ2) is 5.13. The van der Waals surface area contributed by atoms with E-state index in [-0.39, 0.29) is 0 Å². The highest BCUT2D eigenvalue weighted by Gasteiger charge is 2.77. The van der Waals surface area contributed by atoms with Crippen LogP contribution >= 0.6 is 0 Å². The van der Waals surface area contributed by atoms with Gasteiger partial charge in [0.1, 0.15) is 0 Å². The van der Waals surface area contributed by atoms with Crippen LogP contribution in [0.3, 0.4) is 0 Å². The van der Waals surface area contributed by atoms with Gasteiger partial charge in [0.15, 0.2) is 0 Å². The molecule has 4 fully saturated rings. The molecule has 5 rings (SSSR count). The summed E-state index contributed by atoms with van der Waals surface area (Å²) in [4.78, 5) is 0. The highest BCUT2D eigenvalue weighted by atomic mass is 16.5. The van der Waals surface area contributed by atoms with E-state index in [1.165, 1.54) is 44.9 Å². The summed E-state index contributed by atoms with van der Waals surface area (Å²) in [6, 6.07) is 0. The molecule has 0 unspecified atom stereocenters. The predicted octanol–water partition coefficient (Wildman–Crippen LogP) is 4.82. The third-order valence-corrected chi connectivity index (χ3v) is 10.3. The van der Waals surface area contributed by atoms with Crippen molar-refractivity contribution < 1.29 is 9.84 Å². The third-order valence-electron chi connectivity index (χ3n) is 10.3. The molecular weight excluding hydrogens is 308 g/mol. The Bertz CT molecular complexity index is 611. The summed E-state index contributed by atoms with van der Waals surface area (Å²) in [7, 11) is 1.97. The second-order valence-electron chi connectivity index (χ2n) is 10.7. The summed E-state index contributed by atoms with van der Waals surface area (Å²) in [5, 5.41) is 9.76. The van der Waals surface area contributed by atoms with Crippen LogP contribution in [-0.2, 0) is 4.74 Å². The number of aliphatic hydroxyl groups is 1. The number of allylic oxidation sites excluding steroid dienone is 1. The average molecular weight is 345 g/mol. The molecule has 0 heterocycles. The van der Waals surface area contributed by atoms with Gasteiger partial charge in [-0.05, 0) is 79.4 Å². The Labute approximate surface area is 153 Å². The van der Waals surface area contributed by atoms with Gasteiger partial charge in [-0.25, -0.2) is 0 Å². The van der Waals surface area contributed by atoms with Crippen LogP contribution in [-0.4, -0.2) is 24.9 Å². The van der Waals surface area contributed by atoms with E-state index in [0.717, 1.165) is 23.7 Å². The van der Waals surface area contributed by atoms with Crippen molar-refractivity contribution in [2.24, 2.45) is 45.8 Å². The monoisotopic (exact) mass is 344 g/mol. The summed E-state index contributed by atoms with van der Waals surface area (Å²) in [5.74, 6) is 3.79. The normalized spacial score (nSPS) is 57.2. The number of aliphatic hydroxyl groups excluding tert-OH is 1. The lowest BCUT2D eigenvalue weighted by Gasteiger charge is -2.60. The lowest BCUT2D eigenvalue weighted by molar-refractivity contribution is -0.153. The quantitative estimate of drug-likeness (QED) is 0.744. The molecule has 1 spiro atoms. The SMILES string of the molecule is CO[C@@H]1C[C@H]2[C@@H]3CC=C([C@H](C)CO)[C@@]3(C)CC[C@@H]2[C@@]2(C)CC[C@H]3C[C@]312. The van der Waals surface area contributed by atoms with Crippen LogP contribution in [0.5, 0.6) is 0 Å². The number of hydrogen-bond donors (Lipinski definition) is 1. The van der Waals surface area contributed by atoms with Gasteiger partial charge in [-0.1, -0.05) is 32.4 Å². The Kier molecular flexibility index (Phi) is 3.45. The highest BCUT2D eigenvalue weighted by molar-refractivity contribution is 5.31. The van der Waals surface area contributed by atoms with Gasteiger partial charge >= 0.3 is 0 Å². The Morgan fingerprint density at radius 1 is 1.24 bits per heavy atom. The van der Waals surface area contributed by atoms with Crippen LogP contribution in [0.1, 0.15) is 65.7 Å². The zero-order valence-corrected chi connectivity index (χ0v) is 16.6. The first kappa shape index (κ1) is 16.8. The molecule has 0 bridgehead atoms. The van der Waals surface area contributed by atoms with Gasteiger partial charge < -0.3 is 9.84 Å². The smallest absolute Gasteiger partial charge is 0.0638 e. The van der Waals surface area contributed by atoms with Crippen molar-refractivity contribution in [3.8, 4) is 0 Å². The van der Waals surface area contributed by atoms with Crippen LogP contribution in [0, 0.1) is 45.8 Å². The van der Waals surface area contributed by atoms with Crippen molar-refractivity contribution in [2.45, 2.75) is 71.8 Å². The molecule has 0 amide bonds. The molecule has 9 atom stereocenters. The van der Waals surface area contributed by atoms with Gasteiger partial charge in [0, 0.05) is 25.0 Å². The van der Waals surface area contributed by atoms with Gasteiger partial charge in [-0.2, -0.15) is 0 Å². The first-order chi connectivity index (χ1) is 11.9. The van der Waals surface area contributed by atoms with E-state index in [1.807, 2.05) is 7.11 Å². The lowest BCUT2D eigenvalue weighted by atomic mass is 9.45. The number of fused-ring (bicyclic) bond motifs is 4. The number of ether oxygens (including phenoxy) is 1. The van der Waals surface area contributed by atoms with Crippen LogP contribution < -0.4 is 0 Å². The Balaban J connectivity index is 1.50. The van der Waals surface area contributed by atoms with Crippen molar-refractivity contribution in [2.75, 3.05) is 13.7 Å². The maximum absolute atomic E-state index is 9.76. The molecule has 4 saturated carbocycles. The van der Waals surface area contributed by atoms with Crippen LogP contribution in [0.15, 0.2) is 11.6 Å². The first-order valence-corrected chi connectivity index (χ1v) is 10.8. The summed E-state index contributed by atoms with van der Waals surface area (Å²) in [5.41, 5.74) is 2.94. The van der Waals surface area contributed by atoms with E-state index >= 15 is 0 Å². The minimum absolute atomic E-state index is 0.297. The van der Waals surface area contributed by atoms with Crippen LogP contribution in [0.25, 0.3) is 0 Å². The zero-order valence-electron chi connectivity index (χ0n) is 16.6. The van der Waals surface area contributed by atoms with E-state index < -0.39 is 0 Å². The molecule has 0 aromatic rings. The average Bonchev–Trinajstić information content (AvgIpc) is 3.12. The molecule has 0 radical (unpaired) electrons. The van der Waals surface area contributed by atoms with Crippen LogP contribution in [0.2, 0.25) is 0 Å². The van der Waals surface area contributed by atoms with E-state index in [9.17, 15) is 5.11 Å². The summed E-state index contributed by atoms with van der Waals surface area (Å²) in [6.07, 6.45) is 12.6. The highest BCUT2D eigenvalue weighted by Crippen LogP contribution is 2.81. The summed E-state index contributed by atoms with van der Waals surface area (Å²) < 4.78 is 6.18. The standard InChI is InChI=1S/C23H36O2/c1-14(13-24)17-5-6-18-16-11-20(25-4)23-12-15(23)7-10-22(23,3)19(16)8-9-21(17,18)2/h5,14-16,18-20,24H,6-13H2,1-4H3/t14-,15+,16+,18+,19+,20-,21-,22-,23+/m1/s1. The maximum atomic E-state index is 9.76. The van der Waals surface area contributed by atoms with Crippen molar-refractivity contribution in [1.29, 1.82) is 0 Å². The fourth-order valence-corrected chi connectivity index (χ4v) is 9.04. The molecule has 140 valence electrons. The van der Waals surface area contributed by atoms with Crippen LogP contribution in [0.4, 0.5) is 0 Å². The molecule has 5 aliphatic rings. The Morgan fingerprint density at radius 2 is 2.04 bits per heavy atom. The summed E-state index contributed by atoms with van der Waals surface area (Å²) >= 11 is 0. The minimum atomic E-state index is 0.297. The molecule has 0 saturated heterocycles. The van der Waals surface area contributed by atoms with E-state index in [4.69, 9.17) is 4.74 Å². The maximum Gasteiger partial charge on any atom is 0.0638 e. The molecule has 5 aliphatic carbocycles. The lowest BCUT2D eigenvalue weighted by Crippen LogP contribution is -2.56. The molecule has 0 aliphatic heterocycles. The molecule has 2 nitrogen and oxygen atoms in total. The molecule has 0 aromatic heterocycles. The fraction of sp³-hybridized carbons (Fsp3) is 0.913. The van der Waals surface area contributed by atoms with Gasteiger partial charge in [0.25, 0.3) is 0 Å². The van der Waals surface area contributed by atoms with E-state index in [2.05, 4.69) is 26.8 Å². The minimum Gasteiger partial charge on any atom is -0.396 e. The number of hydrogen-bond acceptors (Lipinski definition) is 2. The van der Waals surface area contributed by atoms with Crippen molar-refractivity contribution in [3.63, 3.8) is 0 Å². The second-order valence-corrected chi connectivity index (χ2v) is 10.7. The fourth-order valence-electron chi connectivity index (χ4n) is 9.04. The van der Waals surface area contributed by atoms with Gasteiger partial charge in [0.05, 0.1) is 6.10 Å². The van der Waals surface area contributed by atoms with Gasteiger partial charge in [0.2, 0.25) is 0 Å². The molecule has 25 heavy (non-hydrogen) atoms. The Hall–Kier alpha value is -0.340. The number of rotatable bonds is 3. The van der Waals surface area contributed by atoms with E-state index in [1.54, 1.807) is 5.57 Å².